The van der Waals surface area contributed by atoms with Gasteiger partial charge in [-0.25, -0.2) is 8.42 Å². The van der Waals surface area contributed by atoms with E-state index < -0.39 is 15.1 Å². The van der Waals surface area contributed by atoms with Crippen LogP contribution in [0.3, 0.4) is 0 Å². The number of nitrogens with zero attached hydrogens (tertiary/aromatic N) is 2. The summed E-state index contributed by atoms with van der Waals surface area (Å²) in [7, 11) is -3.69. The fraction of sp³-hybridized carbons (Fsp3) is 0.235. The molecule has 2 aromatic heterocycles. The van der Waals surface area contributed by atoms with E-state index in [0.717, 1.165) is 0 Å². The van der Waals surface area contributed by atoms with E-state index in [1.807, 2.05) is 6.07 Å². The summed E-state index contributed by atoms with van der Waals surface area (Å²) in [5, 5.41) is 9.69. The summed E-state index contributed by atoms with van der Waals surface area (Å²) in [6, 6.07) is 12.0. The number of carbonyl (C=O) groups is 1. The second kappa shape index (κ2) is 7.96. The molecule has 1 N–H and O–H groups in total. The van der Waals surface area contributed by atoms with Crippen LogP contribution >= 0.6 is 0 Å². The molecule has 3 rings (SSSR count). The van der Waals surface area contributed by atoms with E-state index in [2.05, 4.69) is 15.5 Å². The first-order valence-corrected chi connectivity index (χ1v) is 9.60. The summed E-state index contributed by atoms with van der Waals surface area (Å²) in [5.74, 6) is -0.0677. The number of furan rings is 1. The van der Waals surface area contributed by atoms with Crippen LogP contribution in [0.25, 0.3) is 0 Å². The number of carbonyl (C=O) groups excluding carboxylic acids is 1. The molecule has 1 amide bonds. The van der Waals surface area contributed by atoms with Gasteiger partial charge in [0.1, 0.15) is 0 Å². The van der Waals surface area contributed by atoms with Crippen molar-refractivity contribution >= 4 is 15.7 Å². The summed E-state index contributed by atoms with van der Waals surface area (Å²) in [5.41, 5.74) is 0.646. The Morgan fingerprint density at radius 2 is 1.88 bits per heavy atom. The van der Waals surface area contributed by atoms with Crippen molar-refractivity contribution in [3.05, 3.63) is 65.9 Å². The first kappa shape index (κ1) is 17.9. The molecule has 3 aromatic rings. The molecule has 0 aliphatic carbocycles. The van der Waals surface area contributed by atoms with Gasteiger partial charge in [0.25, 0.3) is 5.91 Å². The van der Waals surface area contributed by atoms with Crippen molar-refractivity contribution in [3.63, 3.8) is 0 Å². The van der Waals surface area contributed by atoms with Crippen molar-refractivity contribution in [1.29, 1.82) is 0 Å². The highest BCUT2D eigenvalue weighted by Gasteiger charge is 2.22. The summed E-state index contributed by atoms with van der Waals surface area (Å²) in [6.45, 7) is 0.369. The normalized spacial score (nSPS) is 11.4. The number of aromatic nitrogens is 2. The topological polar surface area (TPSA) is 115 Å². The molecule has 0 radical (unpaired) electrons. The molecule has 9 heteroatoms. The highest BCUT2D eigenvalue weighted by atomic mass is 32.2. The van der Waals surface area contributed by atoms with Gasteiger partial charge in [-0.1, -0.05) is 35.4 Å². The molecule has 136 valence electrons. The first-order chi connectivity index (χ1) is 12.5. The fourth-order valence-corrected chi connectivity index (χ4v) is 3.40. The molecule has 0 unspecified atom stereocenters. The summed E-state index contributed by atoms with van der Waals surface area (Å²) in [4.78, 5) is 11.7. The third-order valence-electron chi connectivity index (χ3n) is 3.51. The predicted octanol–water partition coefficient (Wildman–Crippen LogP) is 2.00. The van der Waals surface area contributed by atoms with E-state index in [-0.39, 0.29) is 23.3 Å². The smallest absolute Gasteiger partial charge is 0.335 e. The van der Waals surface area contributed by atoms with E-state index in [0.29, 0.717) is 24.9 Å². The molecule has 1 aromatic carbocycles. The van der Waals surface area contributed by atoms with Gasteiger partial charge in [0.15, 0.2) is 5.76 Å². The lowest BCUT2D eigenvalue weighted by atomic mass is 10.2. The van der Waals surface area contributed by atoms with E-state index >= 15 is 0 Å². The Labute approximate surface area is 150 Å². The molecule has 0 saturated carbocycles. The number of sulfone groups is 1. The maximum Gasteiger partial charge on any atom is 0.335 e. The Bertz CT molecular complexity index is 949. The van der Waals surface area contributed by atoms with Gasteiger partial charge >= 0.3 is 5.22 Å². The van der Waals surface area contributed by atoms with Gasteiger partial charge in [-0.2, -0.15) is 0 Å². The molecule has 0 fully saturated rings. The zero-order chi connectivity index (χ0) is 18.4. The minimum Gasteiger partial charge on any atom is -0.459 e. The molecule has 26 heavy (non-hydrogen) atoms. The molecule has 0 aliphatic rings. The van der Waals surface area contributed by atoms with Gasteiger partial charge in [-0.15, -0.1) is 5.10 Å². The summed E-state index contributed by atoms with van der Waals surface area (Å²) in [6.07, 6.45) is 2.30. The van der Waals surface area contributed by atoms with Crippen molar-refractivity contribution in [2.45, 2.75) is 23.8 Å². The number of nitrogens with one attached hydrogen (secondary N) is 1. The van der Waals surface area contributed by atoms with Crippen molar-refractivity contribution in [1.82, 2.24) is 15.5 Å². The maximum atomic E-state index is 12.3. The fourth-order valence-electron chi connectivity index (χ4n) is 2.26. The van der Waals surface area contributed by atoms with E-state index in [4.69, 9.17) is 8.83 Å². The van der Waals surface area contributed by atoms with Gasteiger partial charge in [-0.3, -0.25) is 4.79 Å². The summed E-state index contributed by atoms with van der Waals surface area (Å²) < 4.78 is 34.8. The molecule has 0 saturated heterocycles. The summed E-state index contributed by atoms with van der Waals surface area (Å²) >= 11 is 0. The van der Waals surface area contributed by atoms with Crippen molar-refractivity contribution < 1.29 is 22.0 Å². The average molecular weight is 375 g/mol. The third kappa shape index (κ3) is 4.57. The van der Waals surface area contributed by atoms with Gasteiger partial charge in [0.05, 0.1) is 12.0 Å². The largest absolute Gasteiger partial charge is 0.459 e. The van der Waals surface area contributed by atoms with Gasteiger partial charge in [-0.05, 0) is 24.1 Å². The van der Waals surface area contributed by atoms with Crippen LogP contribution in [0.4, 0.5) is 0 Å². The molecule has 0 spiro atoms. The van der Waals surface area contributed by atoms with Crippen LogP contribution < -0.4 is 5.32 Å². The average Bonchev–Trinajstić information content (AvgIpc) is 3.31. The van der Waals surface area contributed by atoms with Crippen LogP contribution in [0.15, 0.2) is 62.8 Å². The Kier molecular flexibility index (Phi) is 5.47. The third-order valence-corrected chi connectivity index (χ3v) is 4.92. The highest BCUT2D eigenvalue weighted by Crippen LogP contribution is 2.15. The van der Waals surface area contributed by atoms with Crippen LogP contribution in [0.1, 0.15) is 28.4 Å². The van der Waals surface area contributed by atoms with Gasteiger partial charge < -0.3 is 14.2 Å². The van der Waals surface area contributed by atoms with E-state index in [1.165, 1.54) is 6.26 Å². The number of hydrogen-bond donors (Lipinski definition) is 1. The first-order valence-electron chi connectivity index (χ1n) is 7.95. The van der Waals surface area contributed by atoms with Crippen LogP contribution in [-0.4, -0.2) is 31.1 Å². The van der Waals surface area contributed by atoms with Gasteiger partial charge in [0.2, 0.25) is 15.7 Å². The quantitative estimate of drug-likeness (QED) is 0.599. The highest BCUT2D eigenvalue weighted by molar-refractivity contribution is 7.90. The molecular formula is C17H17N3O5S. The number of aryl methyl sites for hydroxylation is 1. The Hall–Kier alpha value is -2.94. The van der Waals surface area contributed by atoms with Crippen molar-refractivity contribution in [2.24, 2.45) is 0 Å². The second-order valence-corrected chi connectivity index (χ2v) is 7.41. The van der Waals surface area contributed by atoms with Crippen LogP contribution in [-0.2, 0) is 22.0 Å². The standard InChI is InChI=1S/C17H17N3O5S/c21-16(14-8-5-11-24-14)18-10-4-9-15-19-20-17(25-15)26(22,23)12-13-6-2-1-3-7-13/h1-3,5-8,11H,4,9-10,12H2,(H,18,21). The Morgan fingerprint density at radius 3 is 2.62 bits per heavy atom. The van der Waals surface area contributed by atoms with Crippen LogP contribution in [0, 0.1) is 0 Å². The van der Waals surface area contributed by atoms with E-state index in [1.54, 1.807) is 36.4 Å². The number of benzene rings is 1. The SMILES string of the molecule is O=C(NCCCc1nnc(S(=O)(=O)Cc2ccccc2)o1)c1ccco1. The zero-order valence-electron chi connectivity index (χ0n) is 13.8. The molecular weight excluding hydrogens is 358 g/mol. The lowest BCUT2D eigenvalue weighted by molar-refractivity contribution is 0.0925. The molecule has 8 nitrogen and oxygen atoms in total. The van der Waals surface area contributed by atoms with Crippen LogP contribution in [0.5, 0.6) is 0 Å². The lowest BCUT2D eigenvalue weighted by Crippen LogP contribution is -2.24. The zero-order valence-corrected chi connectivity index (χ0v) is 14.6. The lowest BCUT2D eigenvalue weighted by Gasteiger charge is -2.01. The number of rotatable bonds is 8. The number of hydrogen-bond acceptors (Lipinski definition) is 7. The Morgan fingerprint density at radius 1 is 1.08 bits per heavy atom. The molecule has 0 aliphatic heterocycles. The second-order valence-electron chi connectivity index (χ2n) is 5.54. The van der Waals surface area contributed by atoms with E-state index in [9.17, 15) is 13.2 Å². The number of amides is 1. The molecule has 0 bridgehead atoms. The molecule has 0 atom stereocenters. The van der Waals surface area contributed by atoms with Crippen molar-refractivity contribution in [3.8, 4) is 0 Å². The molecule has 2 heterocycles. The Balaban J connectivity index is 1.50. The van der Waals surface area contributed by atoms with Crippen LogP contribution in [0.2, 0.25) is 0 Å². The van der Waals surface area contributed by atoms with Gasteiger partial charge in [0, 0.05) is 13.0 Å². The predicted molar refractivity (Wildman–Crippen MR) is 91.0 cm³/mol. The minimum atomic E-state index is -3.69. The minimum absolute atomic E-state index is 0.200. The monoisotopic (exact) mass is 375 g/mol. The maximum absolute atomic E-state index is 12.3. The van der Waals surface area contributed by atoms with Crippen molar-refractivity contribution in [2.75, 3.05) is 6.54 Å².